The van der Waals surface area contributed by atoms with Gasteiger partial charge < -0.3 is 25.2 Å². The van der Waals surface area contributed by atoms with Gasteiger partial charge >= 0.3 is 12.2 Å². The van der Waals surface area contributed by atoms with E-state index in [0.29, 0.717) is 0 Å². The van der Waals surface area contributed by atoms with Gasteiger partial charge in [0.1, 0.15) is 28.7 Å². The Balaban J connectivity index is 0.000000400. The molecule has 40 heavy (non-hydrogen) atoms. The molecule has 2 heterocycles. The lowest BCUT2D eigenvalue weighted by molar-refractivity contribution is -0.116. The first-order chi connectivity index (χ1) is 18.4. The van der Waals surface area contributed by atoms with Crippen molar-refractivity contribution in [1.29, 1.82) is 0 Å². The predicted octanol–water partition coefficient (Wildman–Crippen LogP) is 2.07. The fourth-order valence-electron chi connectivity index (χ4n) is 2.67. The number of carbonyl (C=O) groups is 5. The molecule has 2 amide bonds. The molecule has 2 rings (SSSR count). The van der Waals surface area contributed by atoms with Gasteiger partial charge in [0, 0.05) is 24.8 Å². The minimum Gasteiger partial charge on any atom is -0.444 e. The van der Waals surface area contributed by atoms with Gasteiger partial charge in [-0.2, -0.15) is 0 Å². The summed E-state index contributed by atoms with van der Waals surface area (Å²) in [6.45, 7) is 13.2. The van der Waals surface area contributed by atoms with Crippen LogP contribution < -0.4 is 10.6 Å². The molecule has 0 aliphatic carbocycles. The molecule has 0 radical (unpaired) electrons. The lowest BCUT2D eigenvalue weighted by Gasteiger charge is -2.23. The van der Waals surface area contributed by atoms with E-state index in [2.05, 4.69) is 30.6 Å². The first-order valence-corrected chi connectivity index (χ1v) is 12.2. The number of Topliss-reactive ketones (excluding diaryl/α,β-unsaturated/α-hetero) is 3. The van der Waals surface area contributed by atoms with Crippen molar-refractivity contribution in [3.63, 3.8) is 0 Å². The van der Waals surface area contributed by atoms with Crippen LogP contribution in [-0.4, -0.2) is 84.0 Å². The maximum Gasteiger partial charge on any atom is 0.408 e. The fraction of sp³-hybridized carbons (Fsp3) is 0.500. The van der Waals surface area contributed by atoms with Crippen molar-refractivity contribution in [3.8, 4) is 0 Å². The second-order valence-corrected chi connectivity index (χ2v) is 10.5. The molecule has 0 saturated carbocycles. The second kappa shape index (κ2) is 14.7. The Morgan fingerprint density at radius 2 is 1.20 bits per heavy atom. The molecule has 0 aliphatic heterocycles. The summed E-state index contributed by atoms with van der Waals surface area (Å²) >= 11 is 0. The molecular formula is C26H36N6O8. The third kappa shape index (κ3) is 12.5. The highest BCUT2D eigenvalue weighted by Crippen LogP contribution is 2.09. The van der Waals surface area contributed by atoms with E-state index in [4.69, 9.17) is 9.47 Å². The predicted molar refractivity (Wildman–Crippen MR) is 141 cm³/mol. The Morgan fingerprint density at radius 3 is 1.62 bits per heavy atom. The van der Waals surface area contributed by atoms with E-state index >= 15 is 0 Å². The van der Waals surface area contributed by atoms with Gasteiger partial charge in [-0.25, -0.2) is 19.6 Å². The molecule has 0 aromatic carbocycles. The van der Waals surface area contributed by atoms with Crippen LogP contribution in [0, 0.1) is 0 Å². The first-order valence-electron chi connectivity index (χ1n) is 12.2. The number of nitrogens with one attached hydrogen (secondary N) is 2. The van der Waals surface area contributed by atoms with E-state index < -0.39 is 58.9 Å². The van der Waals surface area contributed by atoms with Gasteiger partial charge in [0.25, 0.3) is 5.78 Å². The molecule has 14 heteroatoms. The van der Waals surface area contributed by atoms with E-state index in [0.717, 1.165) is 0 Å². The van der Waals surface area contributed by atoms with E-state index in [-0.39, 0.29) is 11.4 Å². The van der Waals surface area contributed by atoms with Crippen molar-refractivity contribution in [2.45, 2.75) is 84.8 Å². The minimum absolute atomic E-state index is 0.0397. The Hall–Kier alpha value is -4.33. The molecule has 1 unspecified atom stereocenters. The zero-order chi connectivity index (χ0) is 30.7. The number of nitrogens with zero attached hydrogens (tertiary/aromatic N) is 4. The minimum atomic E-state index is -1.42. The SMILES string of the molecule is C[C@H](NC(=O)OC(C)(C)C)C(=O)C(=O)c1cnccn1.C[C@H](NC(=O)OC(C)(C)C)C(O)C(=O)c1cnccn1. The molecule has 14 nitrogen and oxygen atoms in total. The molecular weight excluding hydrogens is 524 g/mol. The van der Waals surface area contributed by atoms with Crippen molar-refractivity contribution in [2.24, 2.45) is 0 Å². The van der Waals surface area contributed by atoms with E-state index in [9.17, 15) is 29.1 Å². The lowest BCUT2D eigenvalue weighted by Crippen LogP contribution is -2.46. The number of aromatic nitrogens is 4. The molecule has 0 aliphatic rings. The number of ketones is 3. The summed E-state index contributed by atoms with van der Waals surface area (Å²) in [5, 5.41) is 14.6. The molecule has 3 N–H and O–H groups in total. The van der Waals surface area contributed by atoms with Crippen LogP contribution >= 0.6 is 0 Å². The largest absolute Gasteiger partial charge is 0.444 e. The van der Waals surface area contributed by atoms with Crippen LogP contribution in [0.2, 0.25) is 0 Å². The zero-order valence-corrected chi connectivity index (χ0v) is 23.8. The van der Waals surface area contributed by atoms with Gasteiger partial charge in [-0.1, -0.05) is 0 Å². The summed E-state index contributed by atoms with van der Waals surface area (Å²) in [6.07, 6.45) is 5.06. The van der Waals surface area contributed by atoms with Crippen molar-refractivity contribution >= 4 is 29.5 Å². The third-order valence-electron chi connectivity index (χ3n) is 4.45. The van der Waals surface area contributed by atoms with Gasteiger partial charge in [0.2, 0.25) is 11.6 Å². The van der Waals surface area contributed by atoms with Crippen molar-refractivity contribution in [2.75, 3.05) is 0 Å². The quantitative estimate of drug-likeness (QED) is 0.314. The van der Waals surface area contributed by atoms with Crippen LogP contribution in [0.15, 0.2) is 37.2 Å². The molecule has 0 saturated heterocycles. The lowest BCUT2D eigenvalue weighted by atomic mass is 10.1. The fourth-order valence-corrected chi connectivity index (χ4v) is 2.67. The highest BCUT2D eigenvalue weighted by atomic mass is 16.6. The molecule has 0 fully saturated rings. The van der Waals surface area contributed by atoms with Crippen molar-refractivity contribution in [1.82, 2.24) is 30.6 Å². The standard InChI is InChI=1S/C13H19N3O4.C13H17N3O4/c2*1-8(16-12(19)20-13(2,3)4)10(17)11(18)9-7-14-5-6-15-9/h5-8,10,17H,1-4H3,(H,16,19);5-8H,1-4H3,(H,16,19)/t8-,10?;8-/m00/s1. The maximum atomic E-state index is 11.9. The third-order valence-corrected chi connectivity index (χ3v) is 4.45. The van der Waals surface area contributed by atoms with Crippen molar-refractivity contribution < 1.29 is 38.6 Å². The Morgan fingerprint density at radius 1 is 0.750 bits per heavy atom. The van der Waals surface area contributed by atoms with Crippen LogP contribution in [0.3, 0.4) is 0 Å². The average Bonchev–Trinajstić information content (AvgIpc) is 2.85. The topological polar surface area (TPSA) is 200 Å². The monoisotopic (exact) mass is 560 g/mol. The van der Waals surface area contributed by atoms with E-state index in [1.54, 1.807) is 41.5 Å². The molecule has 2 aromatic heterocycles. The summed E-state index contributed by atoms with van der Waals surface area (Å²) in [7, 11) is 0. The van der Waals surface area contributed by atoms with Crippen LogP contribution in [0.1, 0.15) is 76.4 Å². The summed E-state index contributed by atoms with van der Waals surface area (Å²) in [6, 6.07) is -1.81. The number of amides is 2. The van der Waals surface area contributed by atoms with Crippen LogP contribution in [0.5, 0.6) is 0 Å². The summed E-state index contributed by atoms with van der Waals surface area (Å²) in [5.41, 5.74) is -1.35. The van der Waals surface area contributed by atoms with Crippen LogP contribution in [0.25, 0.3) is 0 Å². The molecule has 0 spiro atoms. The summed E-state index contributed by atoms with van der Waals surface area (Å²) < 4.78 is 10.0. The van der Waals surface area contributed by atoms with Crippen molar-refractivity contribution in [3.05, 3.63) is 48.6 Å². The van der Waals surface area contributed by atoms with E-state index in [1.807, 2.05) is 0 Å². The summed E-state index contributed by atoms with van der Waals surface area (Å²) in [5.74, 6) is -2.19. The second-order valence-electron chi connectivity index (χ2n) is 10.5. The molecule has 218 valence electrons. The highest BCUT2D eigenvalue weighted by molar-refractivity contribution is 6.44. The number of carbonyl (C=O) groups excluding carboxylic acids is 5. The van der Waals surface area contributed by atoms with Gasteiger partial charge in [-0.05, 0) is 55.4 Å². The van der Waals surface area contributed by atoms with Gasteiger partial charge in [0.15, 0.2) is 0 Å². The number of ether oxygens (including phenoxy) is 2. The molecule has 3 atom stereocenters. The Bertz CT molecular complexity index is 1160. The zero-order valence-electron chi connectivity index (χ0n) is 23.8. The number of alkyl carbamates (subject to hydrolysis) is 2. The van der Waals surface area contributed by atoms with Gasteiger partial charge in [-0.3, -0.25) is 24.4 Å². The number of rotatable bonds is 8. The Kier molecular flexibility index (Phi) is 12.4. The number of hydrogen-bond acceptors (Lipinski definition) is 12. The maximum absolute atomic E-state index is 11.9. The highest BCUT2D eigenvalue weighted by Gasteiger charge is 2.28. The van der Waals surface area contributed by atoms with Crippen LogP contribution in [0.4, 0.5) is 9.59 Å². The smallest absolute Gasteiger partial charge is 0.408 e. The van der Waals surface area contributed by atoms with Gasteiger partial charge in [0.05, 0.1) is 24.5 Å². The average molecular weight is 561 g/mol. The normalized spacial score (nSPS) is 13.3. The molecule has 2 aromatic rings. The summed E-state index contributed by atoms with van der Waals surface area (Å²) in [4.78, 5) is 73.6. The van der Waals surface area contributed by atoms with Gasteiger partial charge in [-0.15, -0.1) is 0 Å². The first kappa shape index (κ1) is 33.7. The van der Waals surface area contributed by atoms with Crippen LogP contribution in [-0.2, 0) is 14.3 Å². The number of aliphatic hydroxyl groups is 1. The Labute approximate surface area is 232 Å². The molecule has 0 bridgehead atoms. The number of aliphatic hydroxyl groups excluding tert-OH is 1. The number of hydrogen-bond donors (Lipinski definition) is 3. The van der Waals surface area contributed by atoms with E-state index in [1.165, 1.54) is 51.0 Å².